The topological polar surface area (TPSA) is 17.1 Å². The van der Waals surface area contributed by atoms with Gasteiger partial charge in [-0.25, -0.2) is 0 Å². The second kappa shape index (κ2) is 14.7. The summed E-state index contributed by atoms with van der Waals surface area (Å²) in [5.41, 5.74) is 0. The Balaban J connectivity index is 0. The van der Waals surface area contributed by atoms with Crippen molar-refractivity contribution in [2.75, 3.05) is 0 Å². The number of carbonyl (C=O) groups excluding carboxylic acids is 1. The zero-order valence-electron chi connectivity index (χ0n) is 7.11. The van der Waals surface area contributed by atoms with Gasteiger partial charge >= 0.3 is 0 Å². The molecule has 0 atom stereocenters. The molecule has 0 spiro atoms. The molecule has 2 aliphatic rings. The molecule has 0 aliphatic heterocycles. The zero-order valence-corrected chi connectivity index (χ0v) is 8.22. The minimum atomic E-state index is 0. The Labute approximate surface area is 93.1 Å². The second-order valence-corrected chi connectivity index (χ2v) is 1.92. The number of hydrogen-bond acceptors (Lipinski definition) is 1. The minimum Gasteiger partial charge on any atom is -0.545 e. The summed E-state index contributed by atoms with van der Waals surface area (Å²) in [4.78, 5) is 7.75. The zero-order chi connectivity index (χ0) is 9.07. The van der Waals surface area contributed by atoms with Crippen LogP contribution in [0.5, 0.6) is 0 Å². The molecule has 0 heterocycles. The predicted octanol–water partition coefficient (Wildman–Crippen LogP) is 1.77. The van der Waals surface area contributed by atoms with Crippen molar-refractivity contribution in [2.24, 2.45) is 0 Å². The van der Waals surface area contributed by atoms with Crippen molar-refractivity contribution in [3.8, 4) is 0 Å². The molecule has 0 unspecified atom stereocenters. The first-order valence-electron chi connectivity index (χ1n) is 3.57. The molecule has 0 bridgehead atoms. The third-order valence-corrected chi connectivity index (χ3v) is 1.11. The molecule has 0 saturated heterocycles. The van der Waals surface area contributed by atoms with Crippen LogP contribution >= 0.6 is 0 Å². The van der Waals surface area contributed by atoms with E-state index in [0.717, 1.165) is 0 Å². The van der Waals surface area contributed by atoms with Crippen molar-refractivity contribution in [1.82, 2.24) is 0 Å². The first-order valence-corrected chi connectivity index (χ1v) is 3.57. The Bertz CT molecular complexity index is 52.9. The summed E-state index contributed by atoms with van der Waals surface area (Å²) in [5, 5.41) is 0. The average molecular weight is 215 g/mol. The van der Waals surface area contributed by atoms with E-state index in [9.17, 15) is 0 Å². The summed E-state index contributed by atoms with van der Waals surface area (Å²) < 4.78 is 0. The third kappa shape index (κ3) is 12.2. The Kier molecular flexibility index (Phi) is 17.7. The van der Waals surface area contributed by atoms with Gasteiger partial charge in [0.15, 0.2) is 0 Å². The van der Waals surface area contributed by atoms with Crippen molar-refractivity contribution in [3.05, 3.63) is 64.2 Å². The van der Waals surface area contributed by atoms with Crippen LogP contribution in [0.1, 0.15) is 0 Å². The van der Waals surface area contributed by atoms with Crippen LogP contribution in [-0.4, -0.2) is 6.79 Å². The van der Waals surface area contributed by atoms with E-state index in [0.29, 0.717) is 0 Å². The summed E-state index contributed by atoms with van der Waals surface area (Å²) in [6.07, 6.45) is 20.0. The van der Waals surface area contributed by atoms with Gasteiger partial charge in [-0.3, -0.25) is 6.79 Å². The maximum Gasteiger partial charge on any atom is 0 e. The molecular formula is C11H11FeO-. The van der Waals surface area contributed by atoms with Crippen LogP contribution in [0.15, 0.2) is 0 Å². The quantitative estimate of drug-likeness (QED) is 0.342. The molecule has 2 heteroatoms. The van der Waals surface area contributed by atoms with Crippen LogP contribution in [0.25, 0.3) is 0 Å². The van der Waals surface area contributed by atoms with E-state index >= 15 is 0 Å². The van der Waals surface area contributed by atoms with Gasteiger partial charge in [-0.05, 0) is 64.2 Å². The molecule has 2 aliphatic carbocycles. The fourth-order valence-corrected chi connectivity index (χ4v) is 0.642. The Morgan fingerprint density at radius 2 is 0.538 bits per heavy atom. The number of rotatable bonds is 0. The van der Waals surface area contributed by atoms with Crippen molar-refractivity contribution in [1.29, 1.82) is 0 Å². The number of hydrogen-bond donors (Lipinski definition) is 0. The molecule has 2 fully saturated rings. The van der Waals surface area contributed by atoms with Crippen LogP contribution in [-0.2, 0) is 21.9 Å². The third-order valence-electron chi connectivity index (χ3n) is 1.11. The fourth-order valence-electron chi connectivity index (χ4n) is 0.642. The standard InChI is InChI=1S/2C5H5.CHO.Fe/c2*1-2-4-5-3-1;1-2;/h2*1-5H;1H;/q;;-1;. The fraction of sp³-hybridized carbons (Fsp3) is 0. The second-order valence-electron chi connectivity index (χ2n) is 1.92. The van der Waals surface area contributed by atoms with E-state index < -0.39 is 0 Å². The molecule has 10 radical (unpaired) electrons. The van der Waals surface area contributed by atoms with Crippen molar-refractivity contribution >= 4 is 6.79 Å². The predicted molar refractivity (Wildman–Crippen MR) is 49.8 cm³/mol. The van der Waals surface area contributed by atoms with Gasteiger partial charge in [0.1, 0.15) is 0 Å². The van der Waals surface area contributed by atoms with E-state index in [1.54, 1.807) is 0 Å². The molecule has 0 aromatic rings. The van der Waals surface area contributed by atoms with Gasteiger partial charge in [0.2, 0.25) is 0 Å². The molecule has 2 saturated carbocycles. The molecule has 0 amide bonds. The molecule has 70 valence electrons. The van der Waals surface area contributed by atoms with Gasteiger partial charge in [-0.1, -0.05) is 0 Å². The maximum atomic E-state index is 7.75. The Hall–Kier alpha value is 0.189. The molecule has 0 aromatic carbocycles. The van der Waals surface area contributed by atoms with Gasteiger partial charge in [0.25, 0.3) is 0 Å². The summed E-state index contributed by atoms with van der Waals surface area (Å²) in [5.74, 6) is 0. The average Bonchev–Trinajstić information content (AvgIpc) is 2.87. The van der Waals surface area contributed by atoms with Crippen LogP contribution in [0.3, 0.4) is 0 Å². The van der Waals surface area contributed by atoms with Gasteiger partial charge in [-0.15, -0.1) is 0 Å². The Morgan fingerprint density at radius 3 is 0.615 bits per heavy atom. The summed E-state index contributed by atoms with van der Waals surface area (Å²) in [6, 6.07) is 0. The molecule has 13 heavy (non-hydrogen) atoms. The smallest absolute Gasteiger partial charge is 0 e. The summed E-state index contributed by atoms with van der Waals surface area (Å²) >= 11 is 0. The van der Waals surface area contributed by atoms with Gasteiger partial charge in [0, 0.05) is 17.1 Å². The Morgan fingerprint density at radius 1 is 0.462 bits per heavy atom. The first kappa shape index (κ1) is 15.7. The van der Waals surface area contributed by atoms with E-state index in [1.807, 2.05) is 64.2 Å². The van der Waals surface area contributed by atoms with E-state index in [-0.39, 0.29) is 17.1 Å². The van der Waals surface area contributed by atoms with Crippen LogP contribution in [0.4, 0.5) is 0 Å². The van der Waals surface area contributed by atoms with E-state index in [4.69, 9.17) is 4.79 Å². The largest absolute Gasteiger partial charge is 0.545 e. The molecule has 1 nitrogen and oxygen atoms in total. The normalized spacial score (nSPS) is 18.8. The van der Waals surface area contributed by atoms with Crippen molar-refractivity contribution in [2.45, 2.75) is 0 Å². The first-order chi connectivity index (χ1) is 6.00. The molecule has 0 aromatic heterocycles. The van der Waals surface area contributed by atoms with Crippen molar-refractivity contribution in [3.63, 3.8) is 0 Å². The van der Waals surface area contributed by atoms with Gasteiger partial charge < -0.3 is 4.79 Å². The van der Waals surface area contributed by atoms with Crippen LogP contribution in [0, 0.1) is 64.2 Å². The van der Waals surface area contributed by atoms with Gasteiger partial charge in [-0.2, -0.15) is 0 Å². The molecule has 2 rings (SSSR count). The van der Waals surface area contributed by atoms with Crippen molar-refractivity contribution < 1.29 is 21.9 Å². The minimum absolute atomic E-state index is 0. The SMILES string of the molecule is [CH-]=O.[CH]1[CH][CH][CH][CH]1.[CH]1[CH][CH][CH][CH]1.[Fe]. The van der Waals surface area contributed by atoms with E-state index in [2.05, 4.69) is 6.79 Å². The van der Waals surface area contributed by atoms with Crippen LogP contribution in [0.2, 0.25) is 0 Å². The van der Waals surface area contributed by atoms with Gasteiger partial charge in [0.05, 0.1) is 0 Å². The maximum absolute atomic E-state index is 7.75. The molecular weight excluding hydrogens is 204 g/mol. The molecule has 0 N–H and O–H groups in total. The summed E-state index contributed by atoms with van der Waals surface area (Å²) in [6.45, 7) is 3.25. The van der Waals surface area contributed by atoms with E-state index in [1.165, 1.54) is 0 Å². The monoisotopic (exact) mass is 215 g/mol. The van der Waals surface area contributed by atoms with Crippen LogP contribution < -0.4 is 0 Å². The summed E-state index contributed by atoms with van der Waals surface area (Å²) in [7, 11) is 0.